The van der Waals surface area contributed by atoms with Gasteiger partial charge in [-0.05, 0) is 12.3 Å². The van der Waals surface area contributed by atoms with Gasteiger partial charge in [0.25, 0.3) is 0 Å². The van der Waals surface area contributed by atoms with Crippen molar-refractivity contribution in [3.8, 4) is 11.3 Å². The van der Waals surface area contributed by atoms with Gasteiger partial charge < -0.3 is 10.6 Å². The Kier molecular flexibility index (Phi) is 6.19. The average molecular weight is 428 g/mol. The molecule has 1 saturated carbocycles. The van der Waals surface area contributed by atoms with Crippen LogP contribution in [0.4, 0.5) is 0 Å². The van der Waals surface area contributed by atoms with Gasteiger partial charge in [0, 0.05) is 24.0 Å². The third-order valence-electron chi connectivity index (χ3n) is 3.68. The number of hydrogen-bond acceptors (Lipinski definition) is 3. The molecule has 0 amide bonds. The van der Waals surface area contributed by atoms with Crippen molar-refractivity contribution in [3.63, 3.8) is 0 Å². The van der Waals surface area contributed by atoms with Gasteiger partial charge in [0.05, 0.1) is 12.2 Å². The molecule has 0 aliphatic heterocycles. The molecular weight excluding hydrogens is 407 g/mol. The fourth-order valence-electron chi connectivity index (χ4n) is 2.19. The molecule has 22 heavy (non-hydrogen) atoms. The second-order valence-electron chi connectivity index (χ2n) is 5.38. The van der Waals surface area contributed by atoms with Gasteiger partial charge in [0.15, 0.2) is 5.96 Å². The highest BCUT2D eigenvalue weighted by molar-refractivity contribution is 14.0. The number of aromatic nitrogens is 1. The molecule has 2 N–H and O–H groups in total. The molecular formula is C16H21IN4S. The van der Waals surface area contributed by atoms with E-state index in [1.807, 2.05) is 18.2 Å². The van der Waals surface area contributed by atoms with Gasteiger partial charge in [0.1, 0.15) is 5.01 Å². The van der Waals surface area contributed by atoms with Gasteiger partial charge in [-0.3, -0.25) is 4.99 Å². The van der Waals surface area contributed by atoms with Crippen LogP contribution in [-0.4, -0.2) is 24.0 Å². The fraction of sp³-hybridized carbons (Fsp3) is 0.375. The summed E-state index contributed by atoms with van der Waals surface area (Å²) < 4.78 is 0. The lowest BCUT2D eigenvalue weighted by molar-refractivity contribution is 0.762. The van der Waals surface area contributed by atoms with Gasteiger partial charge >= 0.3 is 0 Å². The molecule has 118 valence electrons. The third kappa shape index (κ3) is 4.42. The van der Waals surface area contributed by atoms with Crippen LogP contribution in [-0.2, 0) is 6.54 Å². The Hall–Kier alpha value is -1.15. The minimum atomic E-state index is 0. The highest BCUT2D eigenvalue weighted by Crippen LogP contribution is 2.28. The van der Waals surface area contributed by atoms with Crippen LogP contribution in [0.2, 0.25) is 0 Å². The minimum absolute atomic E-state index is 0. The lowest BCUT2D eigenvalue weighted by Gasteiger charge is -2.09. The molecule has 6 heteroatoms. The van der Waals surface area contributed by atoms with Crippen molar-refractivity contribution < 1.29 is 0 Å². The largest absolute Gasteiger partial charge is 0.353 e. The van der Waals surface area contributed by atoms with Crippen molar-refractivity contribution in [3.05, 3.63) is 40.7 Å². The summed E-state index contributed by atoms with van der Waals surface area (Å²) in [5.74, 6) is 1.62. The molecule has 1 aliphatic rings. The Bertz CT molecular complexity index is 626. The second-order valence-corrected chi connectivity index (χ2v) is 6.32. The Morgan fingerprint density at radius 1 is 1.36 bits per heavy atom. The van der Waals surface area contributed by atoms with Crippen LogP contribution < -0.4 is 10.6 Å². The second kappa shape index (κ2) is 7.92. The summed E-state index contributed by atoms with van der Waals surface area (Å²) in [6.07, 6.45) is 1.23. The summed E-state index contributed by atoms with van der Waals surface area (Å²) in [5, 5.41) is 9.92. The normalized spacial score (nSPS) is 20.2. The topological polar surface area (TPSA) is 49.3 Å². The van der Waals surface area contributed by atoms with E-state index in [1.54, 1.807) is 18.4 Å². The highest BCUT2D eigenvalue weighted by atomic mass is 127. The predicted octanol–water partition coefficient (Wildman–Crippen LogP) is 3.50. The summed E-state index contributed by atoms with van der Waals surface area (Å²) in [6.45, 7) is 2.95. The minimum Gasteiger partial charge on any atom is -0.353 e. The number of nitrogens with zero attached hydrogens (tertiary/aromatic N) is 2. The van der Waals surface area contributed by atoms with E-state index in [1.165, 1.54) is 6.42 Å². The lowest BCUT2D eigenvalue weighted by atomic mass is 10.2. The van der Waals surface area contributed by atoms with Gasteiger partial charge in [-0.1, -0.05) is 37.3 Å². The number of thiazole rings is 1. The summed E-state index contributed by atoms with van der Waals surface area (Å²) in [5.41, 5.74) is 2.20. The SMILES string of the molecule is CN=C(NCc1nc(-c2ccccc2)cs1)NC1CC1C.I. The Morgan fingerprint density at radius 2 is 2.09 bits per heavy atom. The first-order valence-corrected chi connectivity index (χ1v) is 8.11. The van der Waals surface area contributed by atoms with Gasteiger partial charge in [0.2, 0.25) is 0 Å². The summed E-state index contributed by atoms with van der Waals surface area (Å²) >= 11 is 1.68. The van der Waals surface area contributed by atoms with Crippen molar-refractivity contribution in [2.45, 2.75) is 25.9 Å². The quantitative estimate of drug-likeness (QED) is 0.445. The molecule has 1 aromatic heterocycles. The van der Waals surface area contributed by atoms with Gasteiger partial charge in [-0.2, -0.15) is 0 Å². The maximum absolute atomic E-state index is 4.67. The van der Waals surface area contributed by atoms with Gasteiger partial charge in [-0.15, -0.1) is 35.3 Å². The molecule has 1 heterocycles. The number of benzene rings is 1. The van der Waals surface area contributed by atoms with E-state index in [9.17, 15) is 0 Å². The first-order chi connectivity index (χ1) is 10.3. The van der Waals surface area contributed by atoms with Crippen LogP contribution in [0.15, 0.2) is 40.7 Å². The fourth-order valence-corrected chi connectivity index (χ4v) is 2.93. The van der Waals surface area contributed by atoms with E-state index in [-0.39, 0.29) is 24.0 Å². The van der Waals surface area contributed by atoms with Crippen molar-refractivity contribution in [1.29, 1.82) is 0 Å². The molecule has 3 rings (SSSR count). The van der Waals surface area contributed by atoms with Crippen LogP contribution in [0, 0.1) is 5.92 Å². The molecule has 2 unspecified atom stereocenters. The molecule has 0 radical (unpaired) electrons. The van der Waals surface area contributed by atoms with Crippen molar-refractivity contribution in [1.82, 2.24) is 15.6 Å². The van der Waals surface area contributed by atoms with Crippen molar-refractivity contribution in [2.24, 2.45) is 10.9 Å². The van der Waals surface area contributed by atoms with Crippen LogP contribution in [0.1, 0.15) is 18.4 Å². The Labute approximate surface area is 152 Å². The number of halogens is 1. The summed E-state index contributed by atoms with van der Waals surface area (Å²) in [7, 11) is 1.81. The molecule has 4 nitrogen and oxygen atoms in total. The van der Waals surface area contributed by atoms with Crippen LogP contribution >= 0.6 is 35.3 Å². The standard InChI is InChI=1S/C16H20N4S.HI/c1-11-8-13(11)20-16(17-2)18-9-15-19-14(10-21-15)12-6-4-3-5-7-12;/h3-7,10-11,13H,8-9H2,1-2H3,(H2,17,18,20);1H. The summed E-state index contributed by atoms with van der Waals surface area (Å²) in [4.78, 5) is 8.92. The average Bonchev–Trinajstić information content (AvgIpc) is 3.02. The van der Waals surface area contributed by atoms with Crippen molar-refractivity contribution in [2.75, 3.05) is 7.05 Å². The molecule has 0 saturated heterocycles. The first-order valence-electron chi connectivity index (χ1n) is 7.23. The zero-order chi connectivity index (χ0) is 14.7. The molecule has 2 atom stereocenters. The maximum atomic E-state index is 4.67. The van der Waals surface area contributed by atoms with E-state index in [0.29, 0.717) is 12.6 Å². The highest BCUT2D eigenvalue weighted by Gasteiger charge is 2.33. The monoisotopic (exact) mass is 428 g/mol. The molecule has 0 spiro atoms. The van der Waals surface area contributed by atoms with E-state index in [2.05, 4.69) is 45.0 Å². The van der Waals surface area contributed by atoms with Crippen LogP contribution in [0.25, 0.3) is 11.3 Å². The predicted molar refractivity (Wildman–Crippen MR) is 104 cm³/mol. The zero-order valence-corrected chi connectivity index (χ0v) is 15.9. The van der Waals surface area contributed by atoms with E-state index in [4.69, 9.17) is 0 Å². The van der Waals surface area contributed by atoms with Gasteiger partial charge in [-0.25, -0.2) is 4.98 Å². The molecule has 1 fully saturated rings. The van der Waals surface area contributed by atoms with E-state index >= 15 is 0 Å². The first kappa shape index (κ1) is 17.2. The number of aliphatic imine (C=N–C) groups is 1. The Morgan fingerprint density at radius 3 is 2.73 bits per heavy atom. The number of rotatable bonds is 4. The maximum Gasteiger partial charge on any atom is 0.191 e. The zero-order valence-electron chi connectivity index (χ0n) is 12.7. The molecule has 0 bridgehead atoms. The smallest absolute Gasteiger partial charge is 0.191 e. The molecule has 1 aliphatic carbocycles. The van der Waals surface area contributed by atoms with E-state index in [0.717, 1.165) is 28.1 Å². The lowest BCUT2D eigenvalue weighted by Crippen LogP contribution is -2.38. The molecule has 1 aromatic carbocycles. The van der Waals surface area contributed by atoms with Crippen LogP contribution in [0.3, 0.4) is 0 Å². The number of nitrogens with one attached hydrogen (secondary N) is 2. The van der Waals surface area contributed by atoms with Crippen LogP contribution in [0.5, 0.6) is 0 Å². The molecule has 2 aromatic rings. The number of hydrogen-bond donors (Lipinski definition) is 2. The van der Waals surface area contributed by atoms with Crippen molar-refractivity contribution >= 4 is 41.3 Å². The third-order valence-corrected chi connectivity index (χ3v) is 4.53. The number of guanidine groups is 1. The summed E-state index contributed by atoms with van der Waals surface area (Å²) in [6, 6.07) is 10.8. The Balaban J connectivity index is 0.00000176. The van der Waals surface area contributed by atoms with E-state index < -0.39 is 0 Å².